The van der Waals surface area contributed by atoms with Crippen LogP contribution in [0, 0.1) is 0 Å². The fourth-order valence-electron chi connectivity index (χ4n) is 17.7. The van der Waals surface area contributed by atoms with E-state index in [2.05, 4.69) is 419 Å². The summed E-state index contributed by atoms with van der Waals surface area (Å²) in [4.78, 5) is 0. The van der Waals surface area contributed by atoms with Gasteiger partial charge in [-0.15, -0.1) is 0 Å². The van der Waals surface area contributed by atoms with Gasteiger partial charge in [-0.3, -0.25) is 0 Å². The van der Waals surface area contributed by atoms with Crippen molar-refractivity contribution in [3.63, 3.8) is 0 Å². The molecule has 11 rings (SSSR count). The minimum absolute atomic E-state index is 0.860. The van der Waals surface area contributed by atoms with Gasteiger partial charge in [0, 0.05) is 0 Å². The van der Waals surface area contributed by atoms with Crippen molar-refractivity contribution >= 4 is 211 Å². The lowest BCUT2D eigenvalue weighted by Gasteiger charge is -2.49. The van der Waals surface area contributed by atoms with Crippen molar-refractivity contribution in [3.05, 3.63) is 334 Å². The molecule has 17 nitrogen and oxygen atoms in total. The Hall–Kier alpha value is -5.36. The molecule has 0 aliphatic rings. The molecule has 11 aromatic carbocycles. The number of hydrogen-bond acceptors (Lipinski definition) is 17. The summed E-state index contributed by atoms with van der Waals surface area (Å²) in [6.45, 7) is 57.9. The molecule has 35 heteroatoms. The Balaban J connectivity index is 1.02. The summed E-state index contributed by atoms with van der Waals surface area (Å²) in [6, 6.07) is 114. The van der Waals surface area contributed by atoms with Crippen LogP contribution in [0.1, 0.15) is 0 Å². The Bertz CT molecular complexity index is 5330. The standard InChI is InChI=1S/C93H136O17Si18/c1-111(2,3)94-113(7,8)96-114(9,10)97-115(11,12)98-116(13,14)99-117(15,16)100-119(18,84-63-41-29-42-64-84)102-121(20,86-67-45-31-46-68-86)104-123(22,88-71-49-33-50-72-88)106-125(24,90-75-53-35-54-76-90)108-127(26,92-79-57-37-58-80-92)110-128(27,93-81-59-38-60-82-93)109-126(25,91-77-55-36-56-78-91)107-124(23,89-73-51-34-52-74-89)105-122(21,87-69-47-32-48-70-87)103-120(19,85-65-43-30-44-66-85)101-118(17,95-112(4,5)6)83-61-39-28-40-62-83/h28-82H,1-27H3. The molecule has 0 fully saturated rings. The van der Waals surface area contributed by atoms with Gasteiger partial charge < -0.3 is 70.0 Å². The van der Waals surface area contributed by atoms with Gasteiger partial charge in [-0.25, -0.2) is 0 Å². The first-order valence-corrected chi connectivity index (χ1v) is 90.6. The third kappa shape index (κ3) is 27.5. The second kappa shape index (κ2) is 41.1. The quantitative estimate of drug-likeness (QED) is 0.0332. The maximum Gasteiger partial charge on any atom is 0.352 e. The average molecular weight is 2030 g/mol. The van der Waals surface area contributed by atoms with Crippen LogP contribution in [-0.4, -0.2) is 154 Å². The van der Waals surface area contributed by atoms with Crippen LogP contribution in [0.2, 0.25) is 177 Å². The molecule has 0 saturated heterocycles. The summed E-state index contributed by atoms with van der Waals surface area (Å²) < 4.78 is 134. The van der Waals surface area contributed by atoms with E-state index in [9.17, 15) is 0 Å². The first-order chi connectivity index (χ1) is 59.7. The van der Waals surface area contributed by atoms with Gasteiger partial charge in [-0.2, -0.15) is 0 Å². The molecule has 0 bridgehead atoms. The molecule has 11 atom stereocenters. The smallest absolute Gasteiger partial charge is 0.352 e. The lowest BCUT2D eigenvalue weighted by molar-refractivity contribution is 0.258. The molecular formula is C93H136O17Si18. The van der Waals surface area contributed by atoms with E-state index in [1.165, 1.54) is 0 Å². The van der Waals surface area contributed by atoms with Crippen LogP contribution < -0.4 is 57.1 Å². The third-order valence-electron chi connectivity index (χ3n) is 21.6. The van der Waals surface area contributed by atoms with Crippen LogP contribution in [0.4, 0.5) is 0 Å². The van der Waals surface area contributed by atoms with E-state index in [4.69, 9.17) is 70.0 Å². The van der Waals surface area contributed by atoms with Crippen molar-refractivity contribution in [1.29, 1.82) is 0 Å². The van der Waals surface area contributed by atoms with E-state index < -0.39 is 154 Å². The third-order valence-corrected chi connectivity index (χ3v) is 95.7. The lowest BCUT2D eigenvalue weighted by atomic mass is 10.4. The second-order valence-corrected chi connectivity index (χ2v) is 102. The number of hydrogen-bond donors (Lipinski definition) is 0. The minimum atomic E-state index is -4.08. The first-order valence-electron chi connectivity index (χ1n) is 44.2. The van der Waals surface area contributed by atoms with E-state index in [1.54, 1.807) is 0 Å². The molecule has 0 radical (unpaired) electrons. The van der Waals surface area contributed by atoms with E-state index in [1.807, 2.05) is 91.0 Å². The molecule has 682 valence electrons. The van der Waals surface area contributed by atoms with Gasteiger partial charge in [-0.1, -0.05) is 334 Å². The van der Waals surface area contributed by atoms with Crippen LogP contribution in [0.15, 0.2) is 334 Å². The minimum Gasteiger partial charge on any atom is -0.437 e. The highest BCUT2D eigenvalue weighted by Gasteiger charge is 2.63. The summed E-state index contributed by atoms with van der Waals surface area (Å²) in [7, 11) is -61.8. The summed E-state index contributed by atoms with van der Waals surface area (Å²) in [5.74, 6) is 0. The summed E-state index contributed by atoms with van der Waals surface area (Å²) >= 11 is 0. The zero-order valence-corrected chi connectivity index (χ0v) is 98.2. The van der Waals surface area contributed by atoms with Crippen LogP contribution in [-0.2, 0) is 70.0 Å². The molecule has 0 amide bonds. The highest BCUT2D eigenvalue weighted by molar-refractivity contribution is 7.07. The van der Waals surface area contributed by atoms with E-state index >= 15 is 0 Å². The Labute approximate surface area is 784 Å². The van der Waals surface area contributed by atoms with E-state index in [-0.39, 0.29) is 0 Å². The van der Waals surface area contributed by atoms with Crippen molar-refractivity contribution in [3.8, 4) is 0 Å². The Kier molecular flexibility index (Phi) is 33.1. The Morgan fingerprint density at radius 1 is 0.102 bits per heavy atom. The van der Waals surface area contributed by atoms with Gasteiger partial charge in [0.05, 0.1) is 0 Å². The van der Waals surface area contributed by atoms with Crippen LogP contribution >= 0.6 is 0 Å². The van der Waals surface area contributed by atoms with Gasteiger partial charge in [0.15, 0.2) is 16.6 Å². The topological polar surface area (TPSA) is 157 Å². The predicted octanol–water partition coefficient (Wildman–Crippen LogP) is 17.2. The van der Waals surface area contributed by atoms with Gasteiger partial charge in [0.2, 0.25) is 0 Å². The normalized spacial score (nSPS) is 18.1. The first kappa shape index (κ1) is 103. The van der Waals surface area contributed by atoms with Gasteiger partial charge in [0.25, 0.3) is 0 Å². The van der Waals surface area contributed by atoms with Crippen molar-refractivity contribution in [2.45, 2.75) is 177 Å². The molecular weight excluding hydrogens is 1890 g/mol. The maximum atomic E-state index is 8.53. The number of rotatable bonds is 45. The predicted molar refractivity (Wildman–Crippen MR) is 567 cm³/mol. The molecule has 0 spiro atoms. The van der Waals surface area contributed by atoms with Crippen molar-refractivity contribution < 1.29 is 70.0 Å². The summed E-state index contributed by atoms with van der Waals surface area (Å²) in [6.07, 6.45) is 0. The molecule has 0 aromatic heterocycles. The monoisotopic (exact) mass is 2030 g/mol. The SMILES string of the molecule is C[Si](C)(C)O[Si](C)(C)O[Si](C)(C)O[Si](C)(C)O[Si](C)(C)O[Si](C)(C)O[Si](C)(O[Si](C)(O[Si](C)(O[Si](C)(O[Si](C)(O[Si](C)(O[Si](C)(O[Si](C)(O[Si](C)(O[Si](C)(O[Si](C)(O[Si](C)(C)C)c1ccccc1)c1ccccc1)c1ccccc1)c1ccccc1)c1ccccc1)c1ccccc1)c1ccccc1)c1ccccc1)c1ccccc1)c1ccccc1)c1ccccc1. The molecule has 0 heterocycles. The number of benzene rings is 11. The second-order valence-electron chi connectivity index (χ2n) is 38.4. The van der Waals surface area contributed by atoms with Crippen molar-refractivity contribution in [1.82, 2.24) is 0 Å². The molecule has 0 saturated carbocycles. The molecule has 0 N–H and O–H groups in total. The average Bonchev–Trinajstić information content (AvgIpc) is 0.735. The van der Waals surface area contributed by atoms with Gasteiger partial charge in [-0.05, 0) is 234 Å². The van der Waals surface area contributed by atoms with Gasteiger partial charge in [0.1, 0.15) is 0 Å². The fraction of sp³-hybridized carbons (Fsp3) is 0.290. The van der Waals surface area contributed by atoms with Gasteiger partial charge >= 0.3 is 137 Å². The zero-order chi connectivity index (χ0) is 93.3. The molecule has 128 heavy (non-hydrogen) atoms. The maximum absolute atomic E-state index is 8.53. The van der Waals surface area contributed by atoms with E-state index in [0.29, 0.717) is 0 Å². The molecule has 11 unspecified atom stereocenters. The Morgan fingerprint density at radius 3 is 0.312 bits per heavy atom. The summed E-state index contributed by atoms with van der Waals surface area (Å²) in [5, 5.41) is 9.87. The molecule has 0 aliphatic heterocycles. The van der Waals surface area contributed by atoms with Crippen LogP contribution in [0.3, 0.4) is 0 Å². The van der Waals surface area contributed by atoms with Crippen molar-refractivity contribution in [2.24, 2.45) is 0 Å². The Morgan fingerprint density at radius 2 is 0.195 bits per heavy atom. The molecule has 11 aromatic rings. The fourth-order valence-corrected chi connectivity index (χ4v) is 108. The zero-order valence-electron chi connectivity index (χ0n) is 80.2. The largest absolute Gasteiger partial charge is 0.437 e. The van der Waals surface area contributed by atoms with Crippen LogP contribution in [0.25, 0.3) is 0 Å². The van der Waals surface area contributed by atoms with Crippen LogP contribution in [0.5, 0.6) is 0 Å². The highest BCUT2D eigenvalue weighted by atomic mass is 28.5. The lowest BCUT2D eigenvalue weighted by Crippen LogP contribution is -2.76. The van der Waals surface area contributed by atoms with E-state index in [0.717, 1.165) is 57.1 Å². The molecule has 0 aliphatic carbocycles. The van der Waals surface area contributed by atoms with Crippen molar-refractivity contribution in [2.75, 3.05) is 0 Å². The summed E-state index contributed by atoms with van der Waals surface area (Å²) in [5.41, 5.74) is 0. The highest BCUT2D eigenvalue weighted by Crippen LogP contribution is 2.37.